The van der Waals surface area contributed by atoms with Gasteiger partial charge in [0.2, 0.25) is 0 Å². The number of aliphatic carboxylic acids is 1. The fraction of sp³-hybridized carbons (Fsp3) is 0.353. The average Bonchev–Trinajstić information content (AvgIpc) is 3.20. The number of hydrogen-bond donors (Lipinski definition) is 2. The lowest BCUT2D eigenvalue weighted by Gasteiger charge is -2.15. The monoisotopic (exact) mass is 346 g/mol. The minimum absolute atomic E-state index is 0.225. The maximum atomic E-state index is 12.3. The third kappa shape index (κ3) is 3.26. The number of nitrogens with zero attached hydrogens (tertiary/aromatic N) is 1. The molecule has 24 heavy (non-hydrogen) atoms. The van der Waals surface area contributed by atoms with Crippen molar-refractivity contribution >= 4 is 23.2 Å². The minimum Gasteiger partial charge on any atom is -0.493 e. The van der Waals surface area contributed by atoms with E-state index < -0.39 is 17.9 Å². The first-order chi connectivity index (χ1) is 11.5. The molecule has 0 radical (unpaired) electrons. The van der Waals surface area contributed by atoms with Crippen LogP contribution in [0.3, 0.4) is 0 Å². The number of hydrogen-bond acceptors (Lipinski definition) is 5. The lowest BCUT2D eigenvalue weighted by Crippen LogP contribution is -2.34. The molecule has 3 rings (SSSR count). The van der Waals surface area contributed by atoms with Crippen LogP contribution in [-0.4, -0.2) is 28.6 Å². The van der Waals surface area contributed by atoms with Crippen molar-refractivity contribution in [1.29, 1.82) is 0 Å². The number of carbonyl (C=O) groups is 2. The van der Waals surface area contributed by atoms with E-state index in [-0.39, 0.29) is 11.6 Å². The van der Waals surface area contributed by atoms with Crippen LogP contribution < -0.4 is 10.1 Å². The van der Waals surface area contributed by atoms with E-state index in [0.717, 1.165) is 22.7 Å². The Hall–Kier alpha value is -2.41. The van der Waals surface area contributed by atoms with Crippen molar-refractivity contribution in [3.63, 3.8) is 0 Å². The lowest BCUT2D eigenvalue weighted by atomic mass is 10.0. The third-order valence-electron chi connectivity index (χ3n) is 3.82. The van der Waals surface area contributed by atoms with Gasteiger partial charge in [-0.3, -0.25) is 4.79 Å². The summed E-state index contributed by atoms with van der Waals surface area (Å²) in [7, 11) is 0. The van der Waals surface area contributed by atoms with E-state index in [1.807, 2.05) is 13.8 Å². The van der Waals surface area contributed by atoms with Crippen LogP contribution in [0.4, 0.5) is 0 Å². The standard InChI is InChI=1S/C17H18N2O4S/c1-9(2)16-18-12(8-24-16)15(20)19-14(17(21)22)11-3-4-13-10(7-11)5-6-23-13/h3-4,7-9,14H,5-6H2,1-2H3,(H,19,20)(H,21,22). The molecule has 0 spiro atoms. The van der Waals surface area contributed by atoms with Crippen molar-refractivity contribution in [2.75, 3.05) is 6.61 Å². The van der Waals surface area contributed by atoms with Crippen molar-refractivity contribution in [3.8, 4) is 5.75 Å². The SMILES string of the molecule is CC(C)c1nc(C(=O)NC(C(=O)O)c2ccc3c(c2)CCO3)cs1. The van der Waals surface area contributed by atoms with Gasteiger partial charge in [-0.1, -0.05) is 19.9 Å². The first-order valence-electron chi connectivity index (χ1n) is 7.70. The smallest absolute Gasteiger partial charge is 0.330 e. The Bertz CT molecular complexity index is 785. The van der Waals surface area contributed by atoms with E-state index >= 15 is 0 Å². The highest BCUT2D eigenvalue weighted by atomic mass is 32.1. The zero-order valence-corrected chi connectivity index (χ0v) is 14.2. The van der Waals surface area contributed by atoms with Gasteiger partial charge in [0, 0.05) is 17.7 Å². The molecule has 1 aromatic carbocycles. The van der Waals surface area contributed by atoms with Crippen LogP contribution in [-0.2, 0) is 11.2 Å². The van der Waals surface area contributed by atoms with Gasteiger partial charge in [-0.25, -0.2) is 9.78 Å². The first-order valence-corrected chi connectivity index (χ1v) is 8.58. The van der Waals surface area contributed by atoms with E-state index in [0.29, 0.717) is 12.2 Å². The Balaban J connectivity index is 1.81. The molecular formula is C17H18N2O4S. The molecule has 2 heterocycles. The Morgan fingerprint density at radius 2 is 2.17 bits per heavy atom. The molecule has 1 amide bonds. The summed E-state index contributed by atoms with van der Waals surface area (Å²) in [6.07, 6.45) is 0.743. The number of nitrogens with one attached hydrogen (secondary N) is 1. The summed E-state index contributed by atoms with van der Waals surface area (Å²) in [5, 5.41) is 14.6. The molecule has 0 bridgehead atoms. The average molecular weight is 346 g/mol. The number of carboxylic acid groups (broad SMARTS) is 1. The molecule has 1 aliphatic heterocycles. The zero-order chi connectivity index (χ0) is 17.3. The summed E-state index contributed by atoms with van der Waals surface area (Å²) in [5.41, 5.74) is 1.74. The fourth-order valence-electron chi connectivity index (χ4n) is 2.54. The Labute approximate surface area is 143 Å². The first kappa shape index (κ1) is 16.4. The van der Waals surface area contributed by atoms with Crippen molar-refractivity contribution in [2.45, 2.75) is 32.2 Å². The van der Waals surface area contributed by atoms with Crippen LogP contribution in [0.1, 0.15) is 52.4 Å². The third-order valence-corrected chi connectivity index (χ3v) is 4.96. The van der Waals surface area contributed by atoms with E-state index in [4.69, 9.17) is 4.74 Å². The van der Waals surface area contributed by atoms with E-state index in [1.165, 1.54) is 11.3 Å². The van der Waals surface area contributed by atoms with Crippen molar-refractivity contribution in [1.82, 2.24) is 10.3 Å². The number of ether oxygens (including phenoxy) is 1. The normalized spacial score (nSPS) is 14.1. The highest BCUT2D eigenvalue weighted by Gasteiger charge is 2.25. The number of carbonyl (C=O) groups excluding carboxylic acids is 1. The van der Waals surface area contributed by atoms with E-state index in [9.17, 15) is 14.7 Å². The van der Waals surface area contributed by atoms with Gasteiger partial charge in [0.05, 0.1) is 11.6 Å². The van der Waals surface area contributed by atoms with Crippen LogP contribution in [0.5, 0.6) is 5.75 Å². The molecule has 1 aromatic heterocycles. The molecule has 1 atom stereocenters. The minimum atomic E-state index is -1.12. The molecule has 1 unspecified atom stereocenters. The number of thiazole rings is 1. The van der Waals surface area contributed by atoms with Crippen LogP contribution in [0.15, 0.2) is 23.6 Å². The molecule has 2 N–H and O–H groups in total. The second kappa shape index (κ2) is 6.60. The quantitative estimate of drug-likeness (QED) is 0.869. The largest absolute Gasteiger partial charge is 0.493 e. The molecule has 6 nitrogen and oxygen atoms in total. The molecule has 0 fully saturated rings. The Morgan fingerprint density at radius 1 is 1.38 bits per heavy atom. The summed E-state index contributed by atoms with van der Waals surface area (Å²) < 4.78 is 5.43. The Kier molecular flexibility index (Phi) is 4.53. The maximum Gasteiger partial charge on any atom is 0.330 e. The predicted octanol–water partition coefficient (Wildman–Crippen LogP) is 2.76. The second-order valence-electron chi connectivity index (χ2n) is 5.94. The van der Waals surface area contributed by atoms with Gasteiger partial charge in [-0.15, -0.1) is 11.3 Å². The number of aromatic nitrogens is 1. The van der Waals surface area contributed by atoms with E-state index in [2.05, 4.69) is 10.3 Å². The molecule has 0 saturated carbocycles. The molecule has 0 aliphatic carbocycles. The van der Waals surface area contributed by atoms with E-state index in [1.54, 1.807) is 23.6 Å². The van der Waals surface area contributed by atoms with Crippen molar-refractivity contribution in [2.24, 2.45) is 0 Å². The van der Waals surface area contributed by atoms with Crippen LogP contribution in [0.25, 0.3) is 0 Å². The van der Waals surface area contributed by atoms with Crippen molar-refractivity contribution in [3.05, 3.63) is 45.4 Å². The van der Waals surface area contributed by atoms with Gasteiger partial charge in [-0.05, 0) is 23.3 Å². The number of rotatable bonds is 5. The lowest BCUT2D eigenvalue weighted by molar-refractivity contribution is -0.139. The van der Waals surface area contributed by atoms with Crippen LogP contribution >= 0.6 is 11.3 Å². The van der Waals surface area contributed by atoms with Gasteiger partial charge < -0.3 is 15.2 Å². The molecule has 0 saturated heterocycles. The fourth-order valence-corrected chi connectivity index (χ4v) is 3.35. The second-order valence-corrected chi connectivity index (χ2v) is 6.83. The van der Waals surface area contributed by atoms with Crippen LogP contribution in [0.2, 0.25) is 0 Å². The number of amides is 1. The predicted molar refractivity (Wildman–Crippen MR) is 89.7 cm³/mol. The molecule has 126 valence electrons. The molecule has 2 aromatic rings. The highest BCUT2D eigenvalue weighted by Crippen LogP contribution is 2.28. The summed E-state index contributed by atoms with van der Waals surface area (Å²) >= 11 is 1.40. The number of carboxylic acids is 1. The molecule has 1 aliphatic rings. The summed E-state index contributed by atoms with van der Waals surface area (Å²) in [6, 6.07) is 4.08. The number of fused-ring (bicyclic) bond motifs is 1. The number of benzene rings is 1. The van der Waals surface area contributed by atoms with Gasteiger partial charge in [0.15, 0.2) is 6.04 Å². The zero-order valence-electron chi connectivity index (χ0n) is 13.4. The summed E-state index contributed by atoms with van der Waals surface area (Å²) in [5.74, 6) is -0.595. The Morgan fingerprint density at radius 3 is 2.83 bits per heavy atom. The topological polar surface area (TPSA) is 88.5 Å². The van der Waals surface area contributed by atoms with Gasteiger partial charge >= 0.3 is 5.97 Å². The van der Waals surface area contributed by atoms with Gasteiger partial charge in [0.1, 0.15) is 11.4 Å². The van der Waals surface area contributed by atoms with Crippen molar-refractivity contribution < 1.29 is 19.4 Å². The van der Waals surface area contributed by atoms with Crippen LogP contribution in [0, 0.1) is 0 Å². The maximum absolute atomic E-state index is 12.3. The van der Waals surface area contributed by atoms with Gasteiger partial charge in [-0.2, -0.15) is 0 Å². The molecular weight excluding hydrogens is 328 g/mol. The highest BCUT2D eigenvalue weighted by molar-refractivity contribution is 7.09. The van der Waals surface area contributed by atoms with Gasteiger partial charge in [0.25, 0.3) is 5.91 Å². The summed E-state index contributed by atoms with van der Waals surface area (Å²) in [6.45, 7) is 4.58. The summed E-state index contributed by atoms with van der Waals surface area (Å²) in [4.78, 5) is 28.2. The molecule has 7 heteroatoms.